The van der Waals surface area contributed by atoms with E-state index in [4.69, 9.17) is 0 Å². The smallest absolute Gasteiger partial charge is 0.433 e. The summed E-state index contributed by atoms with van der Waals surface area (Å²) in [5, 5.41) is 9.30. The molecule has 3 atom stereocenters. The first-order chi connectivity index (χ1) is 13.3. The third kappa shape index (κ3) is 3.09. The van der Waals surface area contributed by atoms with E-state index in [1.807, 2.05) is 0 Å². The van der Waals surface area contributed by atoms with E-state index >= 15 is 0 Å². The second kappa shape index (κ2) is 6.86. The number of carbonyl (C=O) groups is 1. The SMILES string of the molecule is C=C(C)C(=O)OC1(C(F)(F)F)C(F)(F)C(O)(C(F)(F)F)OC(CC)(C(F)(F)F)C1(F)F. The van der Waals surface area contributed by atoms with E-state index in [1.54, 1.807) is 0 Å². The lowest BCUT2D eigenvalue weighted by atomic mass is 9.69. The summed E-state index contributed by atoms with van der Waals surface area (Å²) in [6.45, 7) is 2.84. The molecule has 31 heavy (non-hydrogen) atoms. The highest BCUT2D eigenvalue weighted by atomic mass is 19.4. The molecule has 1 saturated heterocycles. The Morgan fingerprint density at radius 3 is 1.58 bits per heavy atom. The van der Waals surface area contributed by atoms with Crippen molar-refractivity contribution >= 4 is 5.97 Å². The molecule has 0 aromatic carbocycles. The molecule has 182 valence electrons. The van der Waals surface area contributed by atoms with Crippen molar-refractivity contribution in [3.05, 3.63) is 12.2 Å². The van der Waals surface area contributed by atoms with E-state index in [-0.39, 0.29) is 6.92 Å². The lowest BCUT2D eigenvalue weighted by molar-refractivity contribution is -0.578. The van der Waals surface area contributed by atoms with Gasteiger partial charge in [0.05, 0.1) is 0 Å². The summed E-state index contributed by atoms with van der Waals surface area (Å²) in [6.07, 6.45) is -24.3. The van der Waals surface area contributed by atoms with Crippen LogP contribution in [-0.4, -0.2) is 58.4 Å². The molecule has 0 radical (unpaired) electrons. The molecule has 0 saturated carbocycles. The van der Waals surface area contributed by atoms with Crippen LogP contribution in [-0.2, 0) is 14.3 Å². The predicted molar refractivity (Wildman–Crippen MR) is 70.8 cm³/mol. The molecule has 0 aromatic rings. The van der Waals surface area contributed by atoms with Crippen LogP contribution in [0.5, 0.6) is 0 Å². The topological polar surface area (TPSA) is 55.8 Å². The summed E-state index contributed by atoms with van der Waals surface area (Å²) < 4.78 is 185. The molecule has 0 aliphatic carbocycles. The molecule has 4 nitrogen and oxygen atoms in total. The maximum atomic E-state index is 14.9. The van der Waals surface area contributed by atoms with Crippen molar-refractivity contribution < 1.29 is 76.5 Å². The van der Waals surface area contributed by atoms with Crippen LogP contribution in [0.2, 0.25) is 0 Å². The van der Waals surface area contributed by atoms with Gasteiger partial charge in [0.2, 0.25) is 5.60 Å². The van der Waals surface area contributed by atoms with Crippen LogP contribution in [0.25, 0.3) is 0 Å². The van der Waals surface area contributed by atoms with E-state index < -0.39 is 65.3 Å². The Kier molecular flexibility index (Phi) is 6.03. The van der Waals surface area contributed by atoms with Crippen LogP contribution < -0.4 is 0 Å². The molecule has 1 N–H and O–H groups in total. The standard InChI is InChI=1S/C14H11F13O4/c1-4-7(12(19,20)21)9(15,16)8(13(22,23)24,30-6(28)5(2)3)10(17,18)11(29,31-7)14(25,26)27/h29H,2,4H2,1,3H3. The molecule has 3 unspecified atom stereocenters. The summed E-state index contributed by atoms with van der Waals surface area (Å²) in [4.78, 5) is 11.5. The second-order valence-electron chi connectivity index (χ2n) is 6.42. The predicted octanol–water partition coefficient (Wildman–Crippen LogP) is 4.67. The minimum Gasteiger partial charge on any atom is -0.433 e. The zero-order valence-corrected chi connectivity index (χ0v) is 15.0. The Hall–Kier alpha value is -1.78. The molecule has 0 bridgehead atoms. The molecule has 17 heteroatoms. The summed E-state index contributed by atoms with van der Waals surface area (Å²) >= 11 is 0. The number of hydrogen-bond donors (Lipinski definition) is 1. The highest BCUT2D eigenvalue weighted by molar-refractivity contribution is 5.87. The molecular formula is C14H11F13O4. The van der Waals surface area contributed by atoms with Crippen LogP contribution >= 0.6 is 0 Å². The Balaban J connectivity index is 4.37. The summed E-state index contributed by atoms with van der Waals surface area (Å²) in [6, 6.07) is 0. The van der Waals surface area contributed by atoms with Gasteiger partial charge in [-0.15, -0.1) is 0 Å². The van der Waals surface area contributed by atoms with Crippen molar-refractivity contribution in [1.29, 1.82) is 0 Å². The summed E-state index contributed by atoms with van der Waals surface area (Å²) in [7, 11) is 0. The number of hydrogen-bond acceptors (Lipinski definition) is 4. The van der Waals surface area contributed by atoms with Crippen molar-refractivity contribution in [2.24, 2.45) is 0 Å². The van der Waals surface area contributed by atoms with Crippen LogP contribution in [0.4, 0.5) is 57.1 Å². The van der Waals surface area contributed by atoms with Gasteiger partial charge in [-0.05, 0) is 13.3 Å². The monoisotopic (exact) mass is 490 g/mol. The minimum absolute atomic E-state index is 0.0800. The first-order valence-corrected chi connectivity index (χ1v) is 7.62. The molecule has 1 aliphatic rings. The average molecular weight is 490 g/mol. The molecular weight excluding hydrogens is 479 g/mol. The molecule has 1 fully saturated rings. The Bertz CT molecular complexity index is 753. The van der Waals surface area contributed by atoms with Gasteiger partial charge in [0.1, 0.15) is 0 Å². The maximum Gasteiger partial charge on any atom is 0.449 e. The highest BCUT2D eigenvalue weighted by Crippen LogP contribution is 2.70. The maximum absolute atomic E-state index is 14.9. The number of ether oxygens (including phenoxy) is 2. The Morgan fingerprint density at radius 1 is 0.903 bits per heavy atom. The van der Waals surface area contributed by atoms with E-state index in [1.165, 1.54) is 0 Å². The first kappa shape index (κ1) is 27.3. The van der Waals surface area contributed by atoms with E-state index in [9.17, 15) is 67.0 Å². The van der Waals surface area contributed by atoms with E-state index in [0.29, 0.717) is 6.92 Å². The fourth-order valence-electron chi connectivity index (χ4n) is 2.84. The van der Waals surface area contributed by atoms with Gasteiger partial charge in [0.25, 0.3) is 0 Å². The molecule has 1 heterocycles. The van der Waals surface area contributed by atoms with Crippen LogP contribution in [0.3, 0.4) is 0 Å². The van der Waals surface area contributed by atoms with Crippen molar-refractivity contribution in [1.82, 2.24) is 0 Å². The molecule has 0 amide bonds. The molecule has 0 spiro atoms. The van der Waals surface area contributed by atoms with E-state index in [2.05, 4.69) is 16.1 Å². The lowest BCUT2D eigenvalue weighted by Crippen LogP contribution is -2.90. The van der Waals surface area contributed by atoms with Crippen LogP contribution in [0.15, 0.2) is 12.2 Å². The third-order valence-electron chi connectivity index (χ3n) is 4.47. The van der Waals surface area contributed by atoms with Crippen molar-refractivity contribution in [3.63, 3.8) is 0 Å². The summed E-state index contributed by atoms with van der Waals surface area (Å²) in [5.74, 6) is -24.3. The fraction of sp³-hybridized carbons (Fsp3) is 0.786. The van der Waals surface area contributed by atoms with E-state index in [0.717, 1.165) is 0 Å². The quantitative estimate of drug-likeness (QED) is 0.355. The van der Waals surface area contributed by atoms with Gasteiger partial charge in [0, 0.05) is 5.57 Å². The van der Waals surface area contributed by atoms with Gasteiger partial charge < -0.3 is 14.6 Å². The third-order valence-corrected chi connectivity index (χ3v) is 4.47. The number of esters is 1. The highest BCUT2D eigenvalue weighted by Gasteiger charge is 3.02. The van der Waals surface area contributed by atoms with Gasteiger partial charge in [-0.2, -0.15) is 57.1 Å². The number of alkyl halides is 13. The lowest BCUT2D eigenvalue weighted by Gasteiger charge is -2.60. The van der Waals surface area contributed by atoms with Gasteiger partial charge in [0.15, 0.2) is 0 Å². The molecule has 0 aromatic heterocycles. The average Bonchev–Trinajstić information content (AvgIpc) is 2.51. The largest absolute Gasteiger partial charge is 0.449 e. The van der Waals surface area contributed by atoms with Gasteiger partial charge in [-0.25, -0.2) is 4.79 Å². The van der Waals surface area contributed by atoms with Crippen molar-refractivity contribution in [3.8, 4) is 0 Å². The van der Waals surface area contributed by atoms with Gasteiger partial charge >= 0.3 is 47.7 Å². The van der Waals surface area contributed by atoms with Crippen LogP contribution in [0, 0.1) is 0 Å². The van der Waals surface area contributed by atoms with Crippen LogP contribution in [0.1, 0.15) is 20.3 Å². The van der Waals surface area contributed by atoms with Crippen molar-refractivity contribution in [2.75, 3.05) is 0 Å². The molecule has 1 aliphatic heterocycles. The molecule has 1 rings (SSSR count). The second-order valence-corrected chi connectivity index (χ2v) is 6.42. The minimum atomic E-state index is -7.53. The zero-order chi connectivity index (χ0) is 25.3. The number of rotatable bonds is 3. The van der Waals surface area contributed by atoms with Gasteiger partial charge in [-0.1, -0.05) is 13.5 Å². The Morgan fingerprint density at radius 2 is 1.32 bits per heavy atom. The number of halogens is 13. The summed E-state index contributed by atoms with van der Waals surface area (Å²) in [5.41, 5.74) is -14.6. The normalized spacial score (nSPS) is 33.7. The first-order valence-electron chi connectivity index (χ1n) is 7.62. The zero-order valence-electron chi connectivity index (χ0n) is 15.0. The van der Waals surface area contributed by atoms with Gasteiger partial charge in [-0.3, -0.25) is 0 Å². The number of carbonyl (C=O) groups excluding carboxylic acids is 1. The van der Waals surface area contributed by atoms with Crippen molar-refractivity contribution in [2.45, 2.75) is 67.6 Å². The number of aliphatic hydroxyl groups is 1. The Labute approximate surface area is 163 Å². The fourth-order valence-corrected chi connectivity index (χ4v) is 2.84.